The Morgan fingerprint density at radius 1 is 1.00 bits per heavy atom. The summed E-state index contributed by atoms with van der Waals surface area (Å²) in [5.74, 6) is -0.206. The van der Waals surface area contributed by atoms with Crippen molar-refractivity contribution < 1.29 is 9.53 Å². The average molecular weight is 324 g/mol. The molecule has 0 saturated carbocycles. The van der Waals surface area contributed by atoms with E-state index in [-0.39, 0.29) is 5.97 Å². The molecule has 3 heteroatoms. The maximum atomic E-state index is 12.4. The van der Waals surface area contributed by atoms with Crippen LogP contribution in [0.1, 0.15) is 31.4 Å². The van der Waals surface area contributed by atoms with Gasteiger partial charge in [-0.2, -0.15) is 0 Å². The Hall–Kier alpha value is -2.00. The van der Waals surface area contributed by atoms with E-state index in [2.05, 4.69) is 30.5 Å². The lowest BCUT2D eigenvalue weighted by Gasteiger charge is -2.14. The number of esters is 1. The van der Waals surface area contributed by atoms with Crippen LogP contribution < -0.4 is 0 Å². The lowest BCUT2D eigenvalue weighted by Crippen LogP contribution is -2.17. The lowest BCUT2D eigenvalue weighted by molar-refractivity contribution is -0.143. The van der Waals surface area contributed by atoms with E-state index >= 15 is 0 Å². The minimum absolute atomic E-state index is 0.206. The third-order valence-electron chi connectivity index (χ3n) is 3.96. The van der Waals surface area contributed by atoms with Gasteiger partial charge in [0.2, 0.25) is 0 Å². The van der Waals surface area contributed by atoms with Gasteiger partial charge in [-0.05, 0) is 48.9 Å². The normalized spacial score (nSPS) is 18.7. The summed E-state index contributed by atoms with van der Waals surface area (Å²) in [5, 5.41) is 0. The summed E-state index contributed by atoms with van der Waals surface area (Å²) >= 11 is 1.71. The largest absolute Gasteiger partial charge is 0.456 e. The molecule has 2 aromatic rings. The molecule has 0 unspecified atom stereocenters. The van der Waals surface area contributed by atoms with Gasteiger partial charge in [-0.15, -0.1) is 11.8 Å². The molecule has 1 heterocycles. The molecule has 0 amide bonds. The van der Waals surface area contributed by atoms with Gasteiger partial charge in [0.15, 0.2) is 0 Å². The average Bonchev–Trinajstić information content (AvgIpc) is 2.82. The van der Waals surface area contributed by atoms with E-state index in [4.69, 9.17) is 4.74 Å². The van der Waals surface area contributed by atoms with Crippen LogP contribution in [0.5, 0.6) is 0 Å². The molecule has 0 aliphatic carbocycles. The van der Waals surface area contributed by atoms with Gasteiger partial charge < -0.3 is 4.74 Å². The van der Waals surface area contributed by atoms with E-state index in [1.807, 2.05) is 44.2 Å². The van der Waals surface area contributed by atoms with Gasteiger partial charge in [-0.3, -0.25) is 0 Å². The highest BCUT2D eigenvalue weighted by Gasteiger charge is 2.37. The third kappa shape index (κ3) is 3.35. The van der Waals surface area contributed by atoms with Gasteiger partial charge in [0, 0.05) is 16.9 Å². The fraction of sp³-hybridized carbons (Fsp3) is 0.250. The molecule has 2 aromatic carbocycles. The second-order valence-corrected chi connectivity index (χ2v) is 7.15. The number of carbonyl (C=O) groups is 1. The fourth-order valence-corrected chi connectivity index (χ4v) is 3.32. The highest BCUT2D eigenvalue weighted by molar-refractivity contribution is 7.98. The molecule has 3 rings (SSSR count). The third-order valence-corrected chi connectivity index (χ3v) is 4.70. The molecule has 0 atom stereocenters. The highest BCUT2D eigenvalue weighted by atomic mass is 32.2. The summed E-state index contributed by atoms with van der Waals surface area (Å²) < 4.78 is 5.53. The van der Waals surface area contributed by atoms with E-state index < -0.39 is 5.60 Å². The molecule has 1 fully saturated rings. The summed E-state index contributed by atoms with van der Waals surface area (Å²) in [6.07, 6.45) is 2.68. The minimum Gasteiger partial charge on any atom is -0.456 e. The van der Waals surface area contributed by atoms with Crippen molar-refractivity contribution in [2.45, 2.75) is 30.8 Å². The number of carbonyl (C=O) groups excluding carboxylic acids is 1. The first-order valence-electron chi connectivity index (χ1n) is 7.66. The van der Waals surface area contributed by atoms with Crippen molar-refractivity contribution in [1.29, 1.82) is 0 Å². The first-order valence-corrected chi connectivity index (χ1v) is 8.89. The molecule has 0 N–H and O–H groups in total. The van der Waals surface area contributed by atoms with Crippen LogP contribution in [0.15, 0.2) is 65.1 Å². The van der Waals surface area contributed by atoms with E-state index in [0.717, 1.165) is 22.3 Å². The first kappa shape index (κ1) is 15.9. The molecule has 1 saturated heterocycles. The molecule has 23 heavy (non-hydrogen) atoms. The standard InChI is InChI=1S/C20H20O2S/c1-20(2)13-17(19(21)22-20)18(14-7-5-4-6-8-14)15-9-11-16(23-3)12-10-15/h4-12H,13H2,1-3H3. The Kier molecular flexibility index (Phi) is 4.31. The van der Waals surface area contributed by atoms with Gasteiger partial charge in [-0.1, -0.05) is 42.5 Å². The van der Waals surface area contributed by atoms with Gasteiger partial charge in [0.1, 0.15) is 5.60 Å². The van der Waals surface area contributed by atoms with E-state index in [9.17, 15) is 4.79 Å². The second kappa shape index (κ2) is 6.25. The van der Waals surface area contributed by atoms with Gasteiger partial charge >= 0.3 is 5.97 Å². The zero-order valence-corrected chi connectivity index (χ0v) is 14.4. The molecule has 0 spiro atoms. The van der Waals surface area contributed by atoms with E-state index in [0.29, 0.717) is 6.42 Å². The van der Waals surface area contributed by atoms with Crippen LogP contribution in [0.2, 0.25) is 0 Å². The van der Waals surface area contributed by atoms with Crippen molar-refractivity contribution in [3.63, 3.8) is 0 Å². The van der Waals surface area contributed by atoms with Crippen molar-refractivity contribution in [2.75, 3.05) is 6.26 Å². The molecular weight excluding hydrogens is 304 g/mol. The zero-order chi connectivity index (χ0) is 16.4. The molecule has 118 valence electrons. The number of hydrogen-bond acceptors (Lipinski definition) is 3. The molecule has 2 nitrogen and oxygen atoms in total. The molecular formula is C20H20O2S. The maximum Gasteiger partial charge on any atom is 0.335 e. The van der Waals surface area contributed by atoms with Crippen LogP contribution in [-0.4, -0.2) is 17.8 Å². The first-order chi connectivity index (χ1) is 11.0. The minimum atomic E-state index is -0.439. The topological polar surface area (TPSA) is 26.3 Å². The molecule has 0 aromatic heterocycles. The van der Waals surface area contributed by atoms with Crippen LogP contribution in [0, 0.1) is 0 Å². The smallest absolute Gasteiger partial charge is 0.335 e. The quantitative estimate of drug-likeness (QED) is 0.454. The van der Waals surface area contributed by atoms with Crippen LogP contribution in [-0.2, 0) is 9.53 Å². The Morgan fingerprint density at radius 3 is 2.13 bits per heavy atom. The molecule has 1 aliphatic heterocycles. The number of thioether (sulfide) groups is 1. The highest BCUT2D eigenvalue weighted by Crippen LogP contribution is 2.38. The maximum absolute atomic E-state index is 12.4. The summed E-state index contributed by atoms with van der Waals surface area (Å²) in [4.78, 5) is 13.6. The van der Waals surface area contributed by atoms with Crippen molar-refractivity contribution in [3.8, 4) is 0 Å². The summed E-state index contributed by atoms with van der Waals surface area (Å²) in [5.41, 5.74) is 3.41. The van der Waals surface area contributed by atoms with Crippen LogP contribution >= 0.6 is 11.8 Å². The van der Waals surface area contributed by atoms with Crippen molar-refractivity contribution >= 4 is 23.3 Å². The Balaban J connectivity index is 2.17. The van der Waals surface area contributed by atoms with Gasteiger partial charge in [0.05, 0.1) is 0 Å². The summed E-state index contributed by atoms with van der Waals surface area (Å²) in [6.45, 7) is 3.91. The zero-order valence-electron chi connectivity index (χ0n) is 13.6. The van der Waals surface area contributed by atoms with Gasteiger partial charge in [0.25, 0.3) is 0 Å². The number of ether oxygens (including phenoxy) is 1. The molecule has 0 radical (unpaired) electrons. The van der Waals surface area contributed by atoms with Crippen molar-refractivity contribution in [1.82, 2.24) is 0 Å². The molecule has 1 aliphatic rings. The number of hydrogen-bond donors (Lipinski definition) is 0. The van der Waals surface area contributed by atoms with E-state index in [1.165, 1.54) is 4.90 Å². The Morgan fingerprint density at radius 2 is 1.61 bits per heavy atom. The summed E-state index contributed by atoms with van der Waals surface area (Å²) in [7, 11) is 0. The monoisotopic (exact) mass is 324 g/mol. The number of rotatable bonds is 3. The second-order valence-electron chi connectivity index (χ2n) is 6.27. The van der Waals surface area contributed by atoms with Crippen molar-refractivity contribution in [3.05, 3.63) is 71.3 Å². The molecule has 0 bridgehead atoms. The predicted molar refractivity (Wildman–Crippen MR) is 95.5 cm³/mol. The van der Waals surface area contributed by atoms with Gasteiger partial charge in [-0.25, -0.2) is 4.79 Å². The SMILES string of the molecule is CSc1ccc(C(=C2CC(C)(C)OC2=O)c2ccccc2)cc1. The Labute approximate surface area is 141 Å². The number of cyclic esters (lactones) is 1. The Bertz CT molecular complexity index is 743. The van der Waals surface area contributed by atoms with Crippen molar-refractivity contribution in [2.24, 2.45) is 0 Å². The van der Waals surface area contributed by atoms with Crippen LogP contribution in [0.4, 0.5) is 0 Å². The summed E-state index contributed by atoms with van der Waals surface area (Å²) in [6, 6.07) is 18.4. The van der Waals surface area contributed by atoms with Crippen LogP contribution in [0.25, 0.3) is 5.57 Å². The lowest BCUT2D eigenvalue weighted by atomic mass is 9.89. The predicted octanol–water partition coefficient (Wildman–Crippen LogP) is 4.94. The van der Waals surface area contributed by atoms with Crippen LogP contribution in [0.3, 0.4) is 0 Å². The fourth-order valence-electron chi connectivity index (χ4n) is 2.91. The number of benzene rings is 2. The van der Waals surface area contributed by atoms with E-state index in [1.54, 1.807) is 11.8 Å².